The van der Waals surface area contributed by atoms with Crippen LogP contribution < -0.4 is 4.74 Å². The lowest BCUT2D eigenvalue weighted by atomic mass is 9.79. The summed E-state index contributed by atoms with van der Waals surface area (Å²) in [6.07, 6.45) is 8.78. The minimum Gasteiger partial charge on any atom is -0.426 e. The van der Waals surface area contributed by atoms with Gasteiger partial charge in [-0.2, -0.15) is 10.2 Å². The van der Waals surface area contributed by atoms with Gasteiger partial charge in [-0.05, 0) is 86.3 Å². The van der Waals surface area contributed by atoms with Crippen LogP contribution in [0.25, 0.3) is 45.6 Å². The molecule has 0 aliphatic heterocycles. The lowest BCUT2D eigenvalue weighted by Gasteiger charge is -2.25. The molecule has 7 rings (SSSR count). The first-order valence-corrected chi connectivity index (χ1v) is 17.3. The van der Waals surface area contributed by atoms with Gasteiger partial charge in [-0.3, -0.25) is 19.8 Å². The summed E-state index contributed by atoms with van der Waals surface area (Å²) in [5, 5.41) is 15.0. The van der Waals surface area contributed by atoms with E-state index in [1.54, 1.807) is 12.1 Å². The predicted octanol–water partition coefficient (Wildman–Crippen LogP) is 8.26. The Kier molecular flexibility index (Phi) is 9.27. The van der Waals surface area contributed by atoms with E-state index in [0.29, 0.717) is 47.2 Å². The molecular formula is C39H42N6O3. The van der Waals surface area contributed by atoms with Crippen molar-refractivity contribution in [2.45, 2.75) is 71.6 Å². The fourth-order valence-electron chi connectivity index (χ4n) is 6.92. The fourth-order valence-corrected chi connectivity index (χ4v) is 6.92. The molecule has 0 atom stereocenters. The van der Waals surface area contributed by atoms with Crippen molar-refractivity contribution in [3.8, 4) is 51.3 Å². The van der Waals surface area contributed by atoms with Crippen molar-refractivity contribution < 1.29 is 14.3 Å². The molecule has 0 unspecified atom stereocenters. The average Bonchev–Trinajstić information content (AvgIpc) is 3.81. The van der Waals surface area contributed by atoms with Gasteiger partial charge >= 0.3 is 5.97 Å². The average molecular weight is 643 g/mol. The first kappa shape index (κ1) is 31.7. The van der Waals surface area contributed by atoms with Crippen LogP contribution in [0.3, 0.4) is 0 Å². The predicted molar refractivity (Wildman–Crippen MR) is 185 cm³/mol. The van der Waals surface area contributed by atoms with Crippen LogP contribution in [0.15, 0.2) is 72.8 Å². The number of hydrogen-bond donors (Lipinski definition) is 2. The number of ether oxygens (including phenoxy) is 1. The number of benzene rings is 3. The third kappa shape index (κ3) is 7.30. The van der Waals surface area contributed by atoms with E-state index in [9.17, 15) is 9.59 Å². The maximum Gasteiger partial charge on any atom is 0.314 e. The van der Waals surface area contributed by atoms with E-state index in [1.807, 2.05) is 60.7 Å². The van der Waals surface area contributed by atoms with Crippen LogP contribution in [-0.2, 0) is 16.0 Å². The summed E-state index contributed by atoms with van der Waals surface area (Å²) >= 11 is 0. The van der Waals surface area contributed by atoms with Gasteiger partial charge in [0.2, 0.25) is 0 Å². The Morgan fingerprint density at radius 2 is 1.15 bits per heavy atom. The number of ketones is 1. The summed E-state index contributed by atoms with van der Waals surface area (Å²) in [7, 11) is 0. The Morgan fingerprint density at radius 3 is 1.69 bits per heavy atom. The molecule has 2 aromatic heterocycles. The van der Waals surface area contributed by atoms with Crippen molar-refractivity contribution >= 4 is 11.8 Å². The van der Waals surface area contributed by atoms with E-state index in [2.05, 4.69) is 34.2 Å². The Bertz CT molecular complexity index is 1730. The monoisotopic (exact) mass is 642 g/mol. The zero-order valence-corrected chi connectivity index (χ0v) is 27.6. The highest BCUT2D eigenvalue weighted by Gasteiger charge is 2.26. The van der Waals surface area contributed by atoms with E-state index in [0.717, 1.165) is 85.1 Å². The third-order valence-corrected chi connectivity index (χ3v) is 10.1. The standard InChI is InChI=1S/C39H42N6O3/c1-24-6-12-27(13-7-24)34(46)22-26-10-16-28(17-11-26)35-40-37(44-42-35)31-4-3-5-32(23-31)38-41-36(43-45-38)29-18-20-33(21-19-29)48-39(47)30-14-8-25(2)9-15-30/h3-5,10-11,16-21,23-25,27,30H,6-9,12-15,22H2,1-2H3,(H,40,42,44)(H,41,43,45). The smallest absolute Gasteiger partial charge is 0.314 e. The number of esters is 1. The van der Waals surface area contributed by atoms with Gasteiger partial charge in [-0.1, -0.05) is 69.2 Å². The van der Waals surface area contributed by atoms with Gasteiger partial charge in [0.25, 0.3) is 0 Å². The van der Waals surface area contributed by atoms with Crippen LogP contribution in [0, 0.1) is 23.7 Å². The molecule has 2 heterocycles. The van der Waals surface area contributed by atoms with E-state index >= 15 is 0 Å². The molecule has 9 nitrogen and oxygen atoms in total. The Balaban J connectivity index is 0.981. The van der Waals surface area contributed by atoms with E-state index < -0.39 is 0 Å². The lowest BCUT2D eigenvalue weighted by molar-refractivity contribution is -0.140. The molecule has 48 heavy (non-hydrogen) atoms. The number of aromatic amines is 2. The first-order valence-electron chi connectivity index (χ1n) is 17.3. The number of Topliss-reactive ketones (excluding diaryl/α,β-unsaturated/α-hetero) is 1. The number of aromatic nitrogens is 6. The Hall–Kier alpha value is -4.92. The van der Waals surface area contributed by atoms with Crippen LogP contribution in [0.4, 0.5) is 0 Å². The summed E-state index contributed by atoms with van der Waals surface area (Å²) in [6, 6.07) is 23.2. The maximum absolute atomic E-state index is 12.8. The molecule has 0 radical (unpaired) electrons. The summed E-state index contributed by atoms with van der Waals surface area (Å²) in [5.41, 5.74) is 4.45. The molecule has 0 bridgehead atoms. The topological polar surface area (TPSA) is 127 Å². The molecule has 2 aliphatic carbocycles. The molecule has 2 aliphatic rings. The van der Waals surface area contributed by atoms with Gasteiger partial charge in [0, 0.05) is 34.6 Å². The second-order valence-corrected chi connectivity index (χ2v) is 13.8. The molecule has 0 saturated heterocycles. The van der Waals surface area contributed by atoms with Gasteiger partial charge in [0.15, 0.2) is 23.3 Å². The van der Waals surface area contributed by atoms with Crippen molar-refractivity contribution in [2.24, 2.45) is 23.7 Å². The van der Waals surface area contributed by atoms with Crippen molar-refractivity contribution in [3.63, 3.8) is 0 Å². The second-order valence-electron chi connectivity index (χ2n) is 13.8. The molecular weight excluding hydrogens is 600 g/mol. The highest BCUT2D eigenvalue weighted by molar-refractivity contribution is 5.83. The number of rotatable bonds is 9. The highest BCUT2D eigenvalue weighted by Crippen LogP contribution is 2.32. The number of nitrogens with one attached hydrogen (secondary N) is 2. The van der Waals surface area contributed by atoms with Gasteiger partial charge in [-0.15, -0.1) is 0 Å². The minimum absolute atomic E-state index is 0.0129. The number of carbonyl (C=O) groups is 2. The fraction of sp³-hybridized carbons (Fsp3) is 0.385. The molecule has 2 saturated carbocycles. The Morgan fingerprint density at radius 1 is 0.646 bits per heavy atom. The van der Waals surface area contributed by atoms with Gasteiger partial charge in [0.1, 0.15) is 11.5 Å². The number of H-pyrrole nitrogens is 2. The Labute approximate surface area is 281 Å². The first-order chi connectivity index (χ1) is 23.4. The highest BCUT2D eigenvalue weighted by atomic mass is 16.5. The van der Waals surface area contributed by atoms with E-state index in [-0.39, 0.29) is 17.8 Å². The normalized spacial score (nSPS) is 21.1. The molecule has 246 valence electrons. The van der Waals surface area contributed by atoms with Crippen LogP contribution in [-0.4, -0.2) is 42.1 Å². The van der Waals surface area contributed by atoms with Crippen LogP contribution >= 0.6 is 0 Å². The molecule has 0 amide bonds. The van der Waals surface area contributed by atoms with Crippen LogP contribution in [0.2, 0.25) is 0 Å². The minimum atomic E-state index is -0.139. The van der Waals surface area contributed by atoms with Crippen molar-refractivity contribution in [3.05, 3.63) is 78.4 Å². The molecule has 0 spiro atoms. The summed E-state index contributed by atoms with van der Waals surface area (Å²) in [4.78, 5) is 34.9. The summed E-state index contributed by atoms with van der Waals surface area (Å²) in [6.45, 7) is 4.52. The van der Waals surface area contributed by atoms with Crippen molar-refractivity contribution in [2.75, 3.05) is 0 Å². The second kappa shape index (κ2) is 14.1. The summed E-state index contributed by atoms with van der Waals surface area (Å²) in [5.74, 6) is 4.78. The zero-order valence-electron chi connectivity index (χ0n) is 27.6. The lowest BCUT2D eigenvalue weighted by Crippen LogP contribution is -2.24. The quantitative estimate of drug-likeness (QED) is 0.122. The summed E-state index contributed by atoms with van der Waals surface area (Å²) < 4.78 is 5.67. The zero-order chi connectivity index (χ0) is 33.0. The van der Waals surface area contributed by atoms with E-state index in [1.165, 1.54) is 0 Å². The molecule has 9 heteroatoms. The van der Waals surface area contributed by atoms with Crippen LogP contribution in [0.1, 0.15) is 70.8 Å². The maximum atomic E-state index is 12.8. The van der Waals surface area contributed by atoms with Gasteiger partial charge in [-0.25, -0.2) is 9.97 Å². The molecule has 5 aromatic rings. The van der Waals surface area contributed by atoms with Crippen molar-refractivity contribution in [1.82, 2.24) is 30.4 Å². The number of hydrogen-bond acceptors (Lipinski definition) is 7. The van der Waals surface area contributed by atoms with E-state index in [4.69, 9.17) is 14.7 Å². The van der Waals surface area contributed by atoms with Gasteiger partial charge < -0.3 is 4.74 Å². The van der Waals surface area contributed by atoms with Crippen molar-refractivity contribution in [1.29, 1.82) is 0 Å². The third-order valence-electron chi connectivity index (χ3n) is 10.1. The number of nitrogens with zero attached hydrogens (tertiary/aromatic N) is 4. The molecule has 3 aromatic carbocycles. The largest absolute Gasteiger partial charge is 0.426 e. The number of carbonyl (C=O) groups excluding carboxylic acids is 2. The SMILES string of the molecule is CC1CCC(C(=O)Cc2ccc(-c3nc(-c4cccc(-c5n[nH]c(-c6ccc(OC(=O)C7CCC(C)CC7)cc6)n5)c4)n[nH]3)cc2)CC1. The molecule has 2 N–H and O–H groups in total. The van der Waals surface area contributed by atoms with Gasteiger partial charge in [0.05, 0.1) is 5.92 Å². The molecule has 2 fully saturated rings. The van der Waals surface area contributed by atoms with Crippen LogP contribution in [0.5, 0.6) is 5.75 Å².